The quantitative estimate of drug-likeness (QED) is 0.373. The molecule has 0 aromatic carbocycles. The molecule has 3 nitrogen and oxygen atoms in total. The maximum Gasteiger partial charge on any atom is 0.0775 e. The first-order valence-corrected chi connectivity index (χ1v) is 4.72. The van der Waals surface area contributed by atoms with Gasteiger partial charge in [0.05, 0.1) is 12.1 Å². The van der Waals surface area contributed by atoms with E-state index in [4.69, 9.17) is 10.6 Å². The fourth-order valence-electron chi connectivity index (χ4n) is 1.59. The van der Waals surface area contributed by atoms with E-state index in [9.17, 15) is 0 Å². The van der Waals surface area contributed by atoms with E-state index in [1.54, 1.807) is 7.11 Å². The number of hydrazine groups is 1. The molecule has 13 heavy (non-hydrogen) atoms. The molecule has 1 fully saturated rings. The predicted octanol–water partition coefficient (Wildman–Crippen LogP) is 0.657. The third kappa shape index (κ3) is 3.00. The predicted molar refractivity (Wildman–Crippen MR) is 52.7 cm³/mol. The number of nitrogens with one attached hydrogen (secondary N) is 1. The number of nitrogens with two attached hydrogens (primary N) is 1. The van der Waals surface area contributed by atoms with E-state index >= 15 is 0 Å². The summed E-state index contributed by atoms with van der Waals surface area (Å²) < 4.78 is 5.41. The van der Waals surface area contributed by atoms with Gasteiger partial charge in [0.2, 0.25) is 0 Å². The van der Waals surface area contributed by atoms with Crippen molar-refractivity contribution >= 4 is 0 Å². The minimum atomic E-state index is 0.171. The SMILES string of the molecule is CC#CCC(NN)C(OC)C1CC1. The Morgan fingerprint density at radius 3 is 2.69 bits per heavy atom. The summed E-state index contributed by atoms with van der Waals surface area (Å²) in [5.74, 6) is 12.0. The summed E-state index contributed by atoms with van der Waals surface area (Å²) in [5.41, 5.74) is 2.78. The van der Waals surface area contributed by atoms with Gasteiger partial charge >= 0.3 is 0 Å². The molecule has 0 amide bonds. The zero-order chi connectivity index (χ0) is 9.68. The van der Waals surface area contributed by atoms with Crippen LogP contribution in [0.15, 0.2) is 0 Å². The molecular weight excluding hydrogens is 164 g/mol. The van der Waals surface area contributed by atoms with Crippen LogP contribution >= 0.6 is 0 Å². The van der Waals surface area contributed by atoms with Gasteiger partial charge in [-0.3, -0.25) is 11.3 Å². The summed E-state index contributed by atoms with van der Waals surface area (Å²) in [4.78, 5) is 0. The fourth-order valence-corrected chi connectivity index (χ4v) is 1.59. The van der Waals surface area contributed by atoms with Gasteiger partial charge in [0.25, 0.3) is 0 Å². The Labute approximate surface area is 80.0 Å². The summed E-state index contributed by atoms with van der Waals surface area (Å²) in [6, 6.07) is 0.171. The molecule has 3 heteroatoms. The second-order valence-corrected chi connectivity index (χ2v) is 3.44. The van der Waals surface area contributed by atoms with Crippen molar-refractivity contribution in [1.82, 2.24) is 5.43 Å². The Kier molecular flexibility index (Phi) is 4.23. The number of ether oxygens (including phenoxy) is 1. The van der Waals surface area contributed by atoms with E-state index in [1.807, 2.05) is 6.92 Å². The molecule has 2 unspecified atom stereocenters. The van der Waals surface area contributed by atoms with Gasteiger partial charge in [-0.25, -0.2) is 0 Å². The molecule has 0 aromatic rings. The first kappa shape index (κ1) is 10.5. The maximum absolute atomic E-state index is 5.46. The van der Waals surface area contributed by atoms with Crippen LogP contribution in [0, 0.1) is 17.8 Å². The molecule has 1 aliphatic rings. The molecule has 2 atom stereocenters. The van der Waals surface area contributed by atoms with Gasteiger partial charge < -0.3 is 4.74 Å². The lowest BCUT2D eigenvalue weighted by Crippen LogP contribution is -2.45. The first-order valence-electron chi connectivity index (χ1n) is 4.72. The van der Waals surface area contributed by atoms with Crippen LogP contribution in [0.3, 0.4) is 0 Å². The van der Waals surface area contributed by atoms with E-state index in [-0.39, 0.29) is 12.1 Å². The van der Waals surface area contributed by atoms with Crippen LogP contribution in [0.2, 0.25) is 0 Å². The lowest BCUT2D eigenvalue weighted by molar-refractivity contribution is 0.0525. The van der Waals surface area contributed by atoms with E-state index < -0.39 is 0 Å². The maximum atomic E-state index is 5.46. The fraction of sp³-hybridized carbons (Fsp3) is 0.800. The van der Waals surface area contributed by atoms with Gasteiger partial charge in [0.15, 0.2) is 0 Å². The van der Waals surface area contributed by atoms with Crippen LogP contribution < -0.4 is 11.3 Å². The highest BCUT2D eigenvalue weighted by molar-refractivity contribution is 5.01. The highest BCUT2D eigenvalue weighted by Gasteiger charge is 2.35. The highest BCUT2D eigenvalue weighted by Crippen LogP contribution is 2.35. The lowest BCUT2D eigenvalue weighted by Gasteiger charge is -2.23. The number of methoxy groups -OCH3 is 1. The van der Waals surface area contributed by atoms with Crippen molar-refractivity contribution in [2.45, 2.75) is 38.3 Å². The molecule has 0 spiro atoms. The van der Waals surface area contributed by atoms with Gasteiger partial charge in [-0.05, 0) is 25.7 Å². The Hall–Kier alpha value is -0.560. The summed E-state index contributed by atoms with van der Waals surface area (Å²) in [7, 11) is 1.74. The molecule has 0 saturated heterocycles. The Bertz CT molecular complexity index is 203. The minimum Gasteiger partial charge on any atom is -0.379 e. The zero-order valence-electron chi connectivity index (χ0n) is 8.34. The highest BCUT2D eigenvalue weighted by atomic mass is 16.5. The molecule has 0 bridgehead atoms. The second kappa shape index (κ2) is 5.23. The standard InChI is InChI=1S/C10H18N2O/c1-3-4-5-9(12-11)10(13-2)8-6-7-8/h8-10,12H,5-7,11H2,1-2H3. The molecule has 0 heterocycles. The molecule has 1 aliphatic carbocycles. The molecule has 0 radical (unpaired) electrons. The summed E-state index contributed by atoms with van der Waals surface area (Å²) in [6.45, 7) is 1.84. The number of hydrogen-bond donors (Lipinski definition) is 2. The van der Waals surface area contributed by atoms with E-state index in [0.29, 0.717) is 5.92 Å². The van der Waals surface area contributed by atoms with Crippen LogP contribution in [-0.4, -0.2) is 19.3 Å². The van der Waals surface area contributed by atoms with Crippen molar-refractivity contribution in [3.63, 3.8) is 0 Å². The lowest BCUT2D eigenvalue weighted by atomic mass is 10.0. The molecule has 1 rings (SSSR count). The summed E-state index contributed by atoms with van der Waals surface area (Å²) >= 11 is 0. The third-order valence-corrected chi connectivity index (χ3v) is 2.47. The van der Waals surface area contributed by atoms with Gasteiger partial charge in [-0.2, -0.15) is 0 Å². The molecule has 0 aliphatic heterocycles. The van der Waals surface area contributed by atoms with Crippen LogP contribution in [0.4, 0.5) is 0 Å². The van der Waals surface area contributed by atoms with Crippen LogP contribution in [0.1, 0.15) is 26.2 Å². The van der Waals surface area contributed by atoms with Gasteiger partial charge in [0, 0.05) is 13.5 Å². The summed E-state index contributed by atoms with van der Waals surface area (Å²) in [5, 5.41) is 0. The normalized spacial score (nSPS) is 20.2. The molecule has 3 N–H and O–H groups in total. The van der Waals surface area contributed by atoms with E-state index in [2.05, 4.69) is 17.3 Å². The van der Waals surface area contributed by atoms with Crippen molar-refractivity contribution in [3.8, 4) is 11.8 Å². The zero-order valence-corrected chi connectivity index (χ0v) is 8.34. The van der Waals surface area contributed by atoms with E-state index in [0.717, 1.165) is 6.42 Å². The molecule has 74 valence electrons. The van der Waals surface area contributed by atoms with Crippen LogP contribution in [-0.2, 0) is 4.74 Å². The van der Waals surface area contributed by atoms with Gasteiger partial charge in [-0.15, -0.1) is 11.8 Å². The summed E-state index contributed by atoms with van der Waals surface area (Å²) in [6.07, 6.45) is 3.51. The first-order chi connectivity index (χ1) is 6.33. The van der Waals surface area contributed by atoms with Crippen molar-refractivity contribution < 1.29 is 4.74 Å². The van der Waals surface area contributed by atoms with Crippen molar-refractivity contribution in [2.24, 2.45) is 11.8 Å². The Morgan fingerprint density at radius 2 is 2.31 bits per heavy atom. The van der Waals surface area contributed by atoms with E-state index in [1.165, 1.54) is 12.8 Å². The average Bonchev–Trinajstić information content (AvgIpc) is 2.95. The largest absolute Gasteiger partial charge is 0.379 e. The molecule has 0 aromatic heterocycles. The third-order valence-electron chi connectivity index (χ3n) is 2.47. The van der Waals surface area contributed by atoms with Crippen LogP contribution in [0.25, 0.3) is 0 Å². The van der Waals surface area contributed by atoms with Gasteiger partial charge in [-0.1, -0.05) is 0 Å². The second-order valence-electron chi connectivity index (χ2n) is 3.44. The van der Waals surface area contributed by atoms with Crippen molar-refractivity contribution in [2.75, 3.05) is 7.11 Å². The minimum absolute atomic E-state index is 0.171. The Balaban J connectivity index is 2.44. The van der Waals surface area contributed by atoms with Gasteiger partial charge in [0.1, 0.15) is 0 Å². The number of rotatable bonds is 5. The average molecular weight is 182 g/mol. The Morgan fingerprint density at radius 1 is 1.62 bits per heavy atom. The molecular formula is C10H18N2O. The topological polar surface area (TPSA) is 47.3 Å². The van der Waals surface area contributed by atoms with Crippen molar-refractivity contribution in [3.05, 3.63) is 0 Å². The van der Waals surface area contributed by atoms with Crippen molar-refractivity contribution in [1.29, 1.82) is 0 Å². The molecule has 1 saturated carbocycles. The smallest absolute Gasteiger partial charge is 0.0775 e. The number of hydrogen-bond acceptors (Lipinski definition) is 3. The monoisotopic (exact) mass is 182 g/mol. The van der Waals surface area contributed by atoms with Crippen LogP contribution in [0.5, 0.6) is 0 Å².